The number of aliphatic carboxylic acids is 1. The van der Waals surface area contributed by atoms with Crippen molar-refractivity contribution < 1.29 is 14.7 Å². The molecule has 0 aliphatic rings. The van der Waals surface area contributed by atoms with Gasteiger partial charge in [0.1, 0.15) is 6.04 Å². The number of carbonyl (C=O) groups is 2. The van der Waals surface area contributed by atoms with Crippen LogP contribution in [0, 0.1) is 0 Å². The molecule has 0 aliphatic heterocycles. The minimum atomic E-state index is -1.02. The molecule has 1 amide bonds. The van der Waals surface area contributed by atoms with Crippen molar-refractivity contribution in [3.05, 3.63) is 0 Å². The van der Waals surface area contributed by atoms with Crippen LogP contribution in [-0.4, -0.2) is 41.4 Å². The highest BCUT2D eigenvalue weighted by Gasteiger charge is 2.23. The maximum absolute atomic E-state index is 11.8. The fraction of sp³-hybridized carbons (Fsp3) is 0.800. The smallest absolute Gasteiger partial charge is 0.326 e. The Morgan fingerprint density at radius 3 is 2.39 bits per heavy atom. The number of carboxylic acids is 1. The first-order valence-corrected chi connectivity index (χ1v) is 7.08. The van der Waals surface area contributed by atoms with Gasteiger partial charge in [0.05, 0.1) is 6.04 Å². The zero-order chi connectivity index (χ0) is 14.0. The van der Waals surface area contributed by atoms with Crippen LogP contribution in [-0.2, 0) is 9.59 Å². The molecule has 0 spiro atoms. The number of carbonyl (C=O) groups excluding carboxylic acids is 1. The van der Waals surface area contributed by atoms with E-state index in [-0.39, 0.29) is 5.91 Å². The molecule has 0 aliphatic carbocycles. The predicted octanol–water partition coefficient (Wildman–Crippen LogP) is -0.247. The summed E-state index contributed by atoms with van der Waals surface area (Å²) in [6, 6.07) is -1.30. The summed E-state index contributed by atoms with van der Waals surface area (Å²) in [4.78, 5) is 22.8. The summed E-state index contributed by atoms with van der Waals surface area (Å²) in [5.74, 6) is -0.794. The van der Waals surface area contributed by atoms with E-state index in [9.17, 15) is 9.59 Å². The molecular formula is C10H22N3O3PS. The van der Waals surface area contributed by atoms with Crippen molar-refractivity contribution in [1.82, 2.24) is 10.4 Å². The number of unbranched alkanes of at least 4 members (excludes halogenated alkanes) is 1. The lowest BCUT2D eigenvalue weighted by atomic mass is 10.1. The third kappa shape index (κ3) is 7.16. The van der Waals surface area contributed by atoms with Gasteiger partial charge in [0.15, 0.2) is 0 Å². The lowest BCUT2D eigenvalue weighted by molar-refractivity contribution is -0.142. The molecule has 106 valence electrons. The van der Waals surface area contributed by atoms with Gasteiger partial charge in [-0.1, -0.05) is 9.39 Å². The first kappa shape index (κ1) is 17.6. The van der Waals surface area contributed by atoms with Gasteiger partial charge in [-0.25, -0.2) is 4.79 Å². The molecule has 6 nitrogen and oxygen atoms in total. The molecule has 0 saturated heterocycles. The SMILES string of the molecule is NCCCCC(NC(=O)C(CCS)NP)C(=O)O. The first-order chi connectivity index (χ1) is 8.56. The van der Waals surface area contributed by atoms with Gasteiger partial charge in [0, 0.05) is 0 Å². The summed E-state index contributed by atoms with van der Waals surface area (Å²) >= 11 is 4.05. The van der Waals surface area contributed by atoms with Crippen molar-refractivity contribution in [1.29, 1.82) is 0 Å². The highest BCUT2D eigenvalue weighted by molar-refractivity contribution is 7.80. The van der Waals surface area contributed by atoms with E-state index >= 15 is 0 Å². The fourth-order valence-corrected chi connectivity index (χ4v) is 2.02. The minimum Gasteiger partial charge on any atom is -0.480 e. The van der Waals surface area contributed by atoms with E-state index in [2.05, 4.69) is 32.4 Å². The zero-order valence-corrected chi connectivity index (χ0v) is 12.3. The van der Waals surface area contributed by atoms with Crippen LogP contribution < -0.4 is 16.1 Å². The minimum absolute atomic E-state index is 0.320. The van der Waals surface area contributed by atoms with Gasteiger partial charge < -0.3 is 16.2 Å². The Morgan fingerprint density at radius 1 is 1.28 bits per heavy atom. The van der Waals surface area contributed by atoms with E-state index < -0.39 is 18.1 Å². The molecule has 3 unspecified atom stereocenters. The van der Waals surface area contributed by atoms with Gasteiger partial charge in [0.2, 0.25) is 5.91 Å². The predicted molar refractivity (Wildman–Crippen MR) is 77.6 cm³/mol. The summed E-state index contributed by atoms with van der Waals surface area (Å²) in [5, 5.41) is 14.3. The van der Waals surface area contributed by atoms with Crippen LogP contribution in [0.15, 0.2) is 0 Å². The second kappa shape index (κ2) is 10.6. The fourth-order valence-electron chi connectivity index (χ4n) is 1.44. The number of nitrogens with one attached hydrogen (secondary N) is 2. The maximum Gasteiger partial charge on any atom is 0.326 e. The van der Waals surface area contributed by atoms with E-state index in [1.54, 1.807) is 0 Å². The van der Waals surface area contributed by atoms with Crippen LogP contribution in [0.2, 0.25) is 0 Å². The maximum atomic E-state index is 11.8. The Hall–Kier alpha value is -0.360. The van der Waals surface area contributed by atoms with Crippen molar-refractivity contribution in [2.24, 2.45) is 5.73 Å². The lowest BCUT2D eigenvalue weighted by Gasteiger charge is -2.19. The van der Waals surface area contributed by atoms with Crippen LogP contribution in [0.5, 0.6) is 0 Å². The Kier molecular flexibility index (Phi) is 10.3. The Labute approximate surface area is 115 Å². The van der Waals surface area contributed by atoms with E-state index in [1.807, 2.05) is 0 Å². The Balaban J connectivity index is 4.29. The van der Waals surface area contributed by atoms with Gasteiger partial charge >= 0.3 is 5.97 Å². The Bertz CT molecular complexity index is 269. The normalized spacial score (nSPS) is 13.9. The molecule has 0 aromatic heterocycles. The average molecular weight is 295 g/mol. The molecule has 0 fully saturated rings. The Morgan fingerprint density at radius 2 is 1.94 bits per heavy atom. The van der Waals surface area contributed by atoms with Crippen molar-refractivity contribution >= 4 is 33.9 Å². The summed E-state index contributed by atoms with van der Waals surface area (Å²) in [6.45, 7) is 0.524. The second-order valence-corrected chi connectivity index (χ2v) is 4.70. The summed E-state index contributed by atoms with van der Waals surface area (Å²) in [7, 11) is 2.26. The van der Waals surface area contributed by atoms with Crippen molar-refractivity contribution in [2.45, 2.75) is 37.8 Å². The molecule has 3 atom stereocenters. The number of thiol groups is 1. The molecule has 0 radical (unpaired) electrons. The van der Waals surface area contributed by atoms with Gasteiger partial charge in [-0.15, -0.1) is 0 Å². The number of nitrogens with two attached hydrogens (primary N) is 1. The number of hydrogen-bond donors (Lipinski definition) is 5. The molecule has 8 heteroatoms. The van der Waals surface area contributed by atoms with Gasteiger partial charge in [-0.05, 0) is 38.0 Å². The second-order valence-electron chi connectivity index (χ2n) is 3.92. The molecule has 0 aromatic carbocycles. The molecule has 18 heavy (non-hydrogen) atoms. The summed E-state index contributed by atoms with van der Waals surface area (Å²) < 4.78 is 0. The van der Waals surface area contributed by atoms with Crippen molar-refractivity contribution in [3.63, 3.8) is 0 Å². The number of amides is 1. The molecule has 5 N–H and O–H groups in total. The monoisotopic (exact) mass is 295 g/mol. The summed E-state index contributed by atoms with van der Waals surface area (Å²) in [6.07, 6.45) is 2.36. The lowest BCUT2D eigenvalue weighted by Crippen LogP contribution is -2.48. The van der Waals surface area contributed by atoms with Gasteiger partial charge in [-0.3, -0.25) is 9.88 Å². The standard InChI is InChI=1S/C10H22N3O3PS/c11-5-2-1-3-8(10(15)16)12-9(14)7(13-17)4-6-18/h7-8,13,18H,1-6,11,17H2,(H,12,14)(H,15,16). The molecule has 0 bridgehead atoms. The number of carboxylic acid groups (broad SMARTS) is 1. The van der Waals surface area contributed by atoms with Crippen LogP contribution >= 0.6 is 22.0 Å². The number of rotatable bonds is 10. The zero-order valence-electron chi connectivity index (χ0n) is 10.3. The average Bonchev–Trinajstić information content (AvgIpc) is 2.34. The van der Waals surface area contributed by atoms with E-state index in [0.717, 1.165) is 6.42 Å². The highest BCUT2D eigenvalue weighted by Crippen LogP contribution is 2.03. The van der Waals surface area contributed by atoms with Crippen LogP contribution in [0.25, 0.3) is 0 Å². The molecule has 0 heterocycles. The first-order valence-electron chi connectivity index (χ1n) is 5.87. The largest absolute Gasteiger partial charge is 0.480 e. The third-order valence-corrected chi connectivity index (χ3v) is 3.16. The van der Waals surface area contributed by atoms with E-state index in [1.165, 1.54) is 0 Å². The highest BCUT2D eigenvalue weighted by atomic mass is 32.1. The van der Waals surface area contributed by atoms with Crippen LogP contribution in [0.3, 0.4) is 0 Å². The van der Waals surface area contributed by atoms with Crippen LogP contribution in [0.1, 0.15) is 25.7 Å². The molecule has 0 rings (SSSR count). The quantitative estimate of drug-likeness (QED) is 0.217. The molecule has 0 saturated carbocycles. The van der Waals surface area contributed by atoms with Crippen molar-refractivity contribution in [2.75, 3.05) is 12.3 Å². The topological polar surface area (TPSA) is 104 Å². The molecular weight excluding hydrogens is 273 g/mol. The van der Waals surface area contributed by atoms with E-state index in [4.69, 9.17) is 10.8 Å². The van der Waals surface area contributed by atoms with Gasteiger partial charge in [0.25, 0.3) is 0 Å². The van der Waals surface area contributed by atoms with Crippen molar-refractivity contribution in [3.8, 4) is 0 Å². The third-order valence-electron chi connectivity index (χ3n) is 2.50. The molecule has 0 aromatic rings. The number of hydrogen-bond acceptors (Lipinski definition) is 5. The summed E-state index contributed by atoms with van der Waals surface area (Å²) in [5.41, 5.74) is 5.35. The van der Waals surface area contributed by atoms with E-state index in [0.29, 0.717) is 31.6 Å². The van der Waals surface area contributed by atoms with Gasteiger partial charge in [-0.2, -0.15) is 12.6 Å². The van der Waals surface area contributed by atoms with Crippen LogP contribution in [0.4, 0.5) is 0 Å².